The second-order valence-corrected chi connectivity index (χ2v) is 6.71. The molecular formula is C19H26N2O. The molecule has 3 N–H and O–H groups in total. The molecule has 0 amide bonds. The van der Waals surface area contributed by atoms with Crippen molar-refractivity contribution < 1.29 is 4.42 Å². The Morgan fingerprint density at radius 2 is 2.14 bits per heavy atom. The molecule has 2 aromatic rings. The van der Waals surface area contributed by atoms with Crippen molar-refractivity contribution in [1.29, 1.82) is 0 Å². The van der Waals surface area contributed by atoms with Crippen LogP contribution < -0.4 is 11.1 Å². The molecular weight excluding hydrogens is 272 g/mol. The van der Waals surface area contributed by atoms with Gasteiger partial charge in [0.15, 0.2) is 0 Å². The quantitative estimate of drug-likeness (QED) is 0.878. The molecule has 1 aliphatic carbocycles. The summed E-state index contributed by atoms with van der Waals surface area (Å²) in [5, 5.41) is 3.62. The van der Waals surface area contributed by atoms with E-state index >= 15 is 0 Å². The standard InChI is InChI=1S/C19H26N2O/c1-13-10-15(5-7-17(13)20)12-21-18-8-6-16(11-14(18)2)19-4-3-9-22-19/h3-4,6,8-9,11,13,15,17,21H,5,7,10,12,20H2,1-2H3/t13?,15?,17-/m1/s1. The van der Waals surface area contributed by atoms with Crippen LogP contribution in [0.25, 0.3) is 11.3 Å². The van der Waals surface area contributed by atoms with Crippen molar-refractivity contribution in [2.45, 2.75) is 39.2 Å². The third-order valence-corrected chi connectivity index (χ3v) is 4.96. The minimum absolute atomic E-state index is 0.394. The van der Waals surface area contributed by atoms with Crippen molar-refractivity contribution in [1.82, 2.24) is 0 Å². The maximum absolute atomic E-state index is 6.11. The SMILES string of the molecule is Cc1cc(-c2ccco2)ccc1NCC1CC[C@@H](N)C(C)C1. The summed E-state index contributed by atoms with van der Waals surface area (Å²) in [4.78, 5) is 0. The van der Waals surface area contributed by atoms with Gasteiger partial charge in [0, 0.05) is 23.8 Å². The van der Waals surface area contributed by atoms with E-state index in [-0.39, 0.29) is 0 Å². The van der Waals surface area contributed by atoms with Crippen molar-refractivity contribution in [2.24, 2.45) is 17.6 Å². The molecule has 2 unspecified atom stereocenters. The Morgan fingerprint density at radius 1 is 1.27 bits per heavy atom. The number of furan rings is 1. The lowest BCUT2D eigenvalue weighted by Gasteiger charge is -2.32. The maximum Gasteiger partial charge on any atom is 0.133 e. The van der Waals surface area contributed by atoms with Crippen LogP contribution in [0, 0.1) is 18.8 Å². The molecule has 0 radical (unpaired) electrons. The number of nitrogens with two attached hydrogens (primary N) is 1. The molecule has 3 rings (SSSR count). The lowest BCUT2D eigenvalue weighted by Crippen LogP contribution is -2.36. The Kier molecular flexibility index (Phi) is 4.53. The average molecular weight is 298 g/mol. The number of anilines is 1. The monoisotopic (exact) mass is 298 g/mol. The summed E-state index contributed by atoms with van der Waals surface area (Å²) in [6.45, 7) is 5.46. The van der Waals surface area contributed by atoms with Crippen LogP contribution in [0.1, 0.15) is 31.7 Å². The smallest absolute Gasteiger partial charge is 0.133 e. The molecule has 0 spiro atoms. The molecule has 3 heteroatoms. The molecule has 1 saturated carbocycles. The van der Waals surface area contributed by atoms with Gasteiger partial charge < -0.3 is 15.5 Å². The van der Waals surface area contributed by atoms with E-state index in [1.54, 1.807) is 6.26 Å². The van der Waals surface area contributed by atoms with E-state index in [0.717, 1.165) is 30.2 Å². The van der Waals surface area contributed by atoms with Gasteiger partial charge in [0.1, 0.15) is 5.76 Å². The van der Waals surface area contributed by atoms with E-state index in [1.165, 1.54) is 24.1 Å². The van der Waals surface area contributed by atoms with Crippen LogP contribution in [0.4, 0.5) is 5.69 Å². The fourth-order valence-electron chi connectivity index (χ4n) is 3.43. The van der Waals surface area contributed by atoms with Gasteiger partial charge in [-0.2, -0.15) is 0 Å². The first-order valence-corrected chi connectivity index (χ1v) is 8.27. The molecule has 0 bridgehead atoms. The first kappa shape index (κ1) is 15.2. The molecule has 0 aliphatic heterocycles. The lowest BCUT2D eigenvalue weighted by molar-refractivity contribution is 0.257. The first-order valence-electron chi connectivity index (χ1n) is 8.27. The minimum atomic E-state index is 0.394. The number of benzene rings is 1. The summed E-state index contributed by atoms with van der Waals surface area (Å²) in [5.74, 6) is 2.30. The van der Waals surface area contributed by atoms with E-state index in [4.69, 9.17) is 10.2 Å². The highest BCUT2D eigenvalue weighted by Crippen LogP contribution is 2.29. The van der Waals surface area contributed by atoms with Gasteiger partial charge in [0.2, 0.25) is 0 Å². The van der Waals surface area contributed by atoms with Crippen molar-refractivity contribution in [3.05, 3.63) is 42.2 Å². The van der Waals surface area contributed by atoms with Gasteiger partial charge in [0.25, 0.3) is 0 Å². The zero-order chi connectivity index (χ0) is 15.5. The molecule has 1 fully saturated rings. The Hall–Kier alpha value is -1.74. The van der Waals surface area contributed by atoms with Gasteiger partial charge >= 0.3 is 0 Å². The Morgan fingerprint density at radius 3 is 2.82 bits per heavy atom. The Balaban J connectivity index is 1.61. The molecule has 0 saturated heterocycles. The van der Waals surface area contributed by atoms with E-state index < -0.39 is 0 Å². The molecule has 22 heavy (non-hydrogen) atoms. The zero-order valence-electron chi connectivity index (χ0n) is 13.5. The number of rotatable bonds is 4. The van der Waals surface area contributed by atoms with Crippen molar-refractivity contribution in [2.75, 3.05) is 11.9 Å². The minimum Gasteiger partial charge on any atom is -0.464 e. The summed E-state index contributed by atoms with van der Waals surface area (Å²) >= 11 is 0. The third kappa shape index (κ3) is 3.36. The number of nitrogens with one attached hydrogen (secondary N) is 1. The van der Waals surface area contributed by atoms with Gasteiger partial charge in [-0.05, 0) is 73.9 Å². The fourth-order valence-corrected chi connectivity index (χ4v) is 3.43. The Labute approximate surface area is 132 Å². The highest BCUT2D eigenvalue weighted by atomic mass is 16.3. The predicted octanol–water partition coefficient (Wildman–Crippen LogP) is 4.43. The predicted molar refractivity (Wildman–Crippen MR) is 91.9 cm³/mol. The van der Waals surface area contributed by atoms with Crippen LogP contribution in [0.3, 0.4) is 0 Å². The van der Waals surface area contributed by atoms with Crippen LogP contribution >= 0.6 is 0 Å². The number of hydrogen-bond acceptors (Lipinski definition) is 3. The highest BCUT2D eigenvalue weighted by molar-refractivity contribution is 5.64. The van der Waals surface area contributed by atoms with Crippen LogP contribution in [-0.4, -0.2) is 12.6 Å². The second kappa shape index (κ2) is 6.57. The van der Waals surface area contributed by atoms with Gasteiger partial charge in [-0.3, -0.25) is 0 Å². The summed E-state index contributed by atoms with van der Waals surface area (Å²) < 4.78 is 5.46. The molecule has 1 aromatic carbocycles. The van der Waals surface area contributed by atoms with Gasteiger partial charge in [-0.25, -0.2) is 0 Å². The van der Waals surface area contributed by atoms with E-state index in [0.29, 0.717) is 12.0 Å². The maximum atomic E-state index is 6.11. The molecule has 1 heterocycles. The normalized spacial score (nSPS) is 25.1. The zero-order valence-corrected chi connectivity index (χ0v) is 13.5. The van der Waals surface area contributed by atoms with Gasteiger partial charge in [0.05, 0.1) is 6.26 Å². The summed E-state index contributed by atoms with van der Waals surface area (Å²) in [6, 6.07) is 10.8. The summed E-state index contributed by atoms with van der Waals surface area (Å²) in [7, 11) is 0. The number of aryl methyl sites for hydroxylation is 1. The average Bonchev–Trinajstić information content (AvgIpc) is 3.04. The molecule has 1 aliphatic rings. The lowest BCUT2D eigenvalue weighted by atomic mass is 9.79. The van der Waals surface area contributed by atoms with E-state index in [1.807, 2.05) is 12.1 Å². The third-order valence-electron chi connectivity index (χ3n) is 4.96. The summed E-state index contributed by atoms with van der Waals surface area (Å²) in [6.07, 6.45) is 5.34. The van der Waals surface area contributed by atoms with Crippen LogP contribution in [0.15, 0.2) is 41.0 Å². The van der Waals surface area contributed by atoms with Crippen molar-refractivity contribution in [3.63, 3.8) is 0 Å². The largest absolute Gasteiger partial charge is 0.464 e. The van der Waals surface area contributed by atoms with Crippen LogP contribution in [-0.2, 0) is 0 Å². The van der Waals surface area contributed by atoms with E-state index in [2.05, 4.69) is 37.4 Å². The molecule has 118 valence electrons. The number of hydrogen-bond donors (Lipinski definition) is 2. The van der Waals surface area contributed by atoms with Gasteiger partial charge in [-0.1, -0.05) is 6.92 Å². The van der Waals surface area contributed by atoms with Crippen molar-refractivity contribution >= 4 is 5.69 Å². The fraction of sp³-hybridized carbons (Fsp3) is 0.474. The van der Waals surface area contributed by atoms with Crippen LogP contribution in [0.2, 0.25) is 0 Å². The molecule has 3 atom stereocenters. The molecule has 1 aromatic heterocycles. The highest BCUT2D eigenvalue weighted by Gasteiger charge is 2.24. The topological polar surface area (TPSA) is 51.2 Å². The van der Waals surface area contributed by atoms with E-state index in [9.17, 15) is 0 Å². The molecule has 3 nitrogen and oxygen atoms in total. The Bertz CT molecular complexity index is 606. The second-order valence-electron chi connectivity index (χ2n) is 6.71. The van der Waals surface area contributed by atoms with Crippen LogP contribution in [0.5, 0.6) is 0 Å². The van der Waals surface area contributed by atoms with Crippen molar-refractivity contribution in [3.8, 4) is 11.3 Å². The first-order chi connectivity index (χ1) is 10.6. The summed E-state index contributed by atoms with van der Waals surface area (Å²) in [5.41, 5.74) is 9.71. The van der Waals surface area contributed by atoms with Gasteiger partial charge in [-0.15, -0.1) is 0 Å².